The van der Waals surface area contributed by atoms with Gasteiger partial charge in [-0.3, -0.25) is 9.48 Å². The second-order valence-electron chi connectivity index (χ2n) is 3.39. The van der Waals surface area contributed by atoms with Crippen LogP contribution >= 0.6 is 11.6 Å². The monoisotopic (exact) mass is 250 g/mol. The van der Waals surface area contributed by atoms with Gasteiger partial charge in [0.25, 0.3) is 0 Å². The number of rotatable bonds is 5. The minimum absolute atomic E-state index is 0.409. The van der Waals surface area contributed by atoms with E-state index in [9.17, 15) is 4.79 Å². The number of hydrogen-bond donors (Lipinski definition) is 0. The van der Waals surface area contributed by atoms with Crippen molar-refractivity contribution in [2.24, 2.45) is 0 Å². The second-order valence-corrected chi connectivity index (χ2v) is 3.80. The predicted molar refractivity (Wildman–Crippen MR) is 64.6 cm³/mol. The van der Waals surface area contributed by atoms with Crippen molar-refractivity contribution in [1.29, 1.82) is 0 Å². The lowest BCUT2D eigenvalue weighted by Crippen LogP contribution is -2.09. The van der Waals surface area contributed by atoms with Crippen molar-refractivity contribution in [3.8, 4) is 5.75 Å². The van der Waals surface area contributed by atoms with Crippen LogP contribution < -0.4 is 4.74 Å². The smallest absolute Gasteiger partial charge is 0.153 e. The predicted octanol–water partition coefficient (Wildman–Crippen LogP) is 2.43. The highest BCUT2D eigenvalue weighted by Gasteiger charge is 2.07. The Kier molecular flexibility index (Phi) is 3.77. The summed E-state index contributed by atoms with van der Waals surface area (Å²) in [4.78, 5) is 10.8. The third kappa shape index (κ3) is 2.85. The van der Waals surface area contributed by atoms with Gasteiger partial charge >= 0.3 is 0 Å². The Hall–Kier alpha value is -1.81. The maximum Gasteiger partial charge on any atom is 0.153 e. The van der Waals surface area contributed by atoms with Crippen LogP contribution in [0.1, 0.15) is 10.4 Å². The zero-order valence-corrected chi connectivity index (χ0v) is 9.80. The second kappa shape index (κ2) is 5.50. The average Bonchev–Trinajstić information content (AvgIpc) is 2.84. The van der Waals surface area contributed by atoms with E-state index in [0.29, 0.717) is 29.5 Å². The van der Waals surface area contributed by atoms with Crippen LogP contribution in [0.4, 0.5) is 0 Å². The van der Waals surface area contributed by atoms with Crippen LogP contribution in [0, 0.1) is 0 Å². The fourth-order valence-corrected chi connectivity index (χ4v) is 1.68. The molecular weight excluding hydrogens is 240 g/mol. The van der Waals surface area contributed by atoms with Gasteiger partial charge in [-0.05, 0) is 18.2 Å². The first-order chi connectivity index (χ1) is 8.31. The van der Waals surface area contributed by atoms with Crippen LogP contribution in [0.15, 0.2) is 36.7 Å². The molecule has 0 saturated heterocycles. The Morgan fingerprint density at radius 3 is 3.00 bits per heavy atom. The third-order valence-corrected chi connectivity index (χ3v) is 2.55. The number of nitrogens with zero attached hydrogens (tertiary/aromatic N) is 2. The number of aldehydes is 1. The molecule has 0 bridgehead atoms. The zero-order chi connectivity index (χ0) is 12.1. The summed E-state index contributed by atoms with van der Waals surface area (Å²) in [6, 6.07) is 6.92. The number of carbonyl (C=O) groups excluding carboxylic acids is 1. The van der Waals surface area contributed by atoms with Crippen LogP contribution in [0.3, 0.4) is 0 Å². The molecule has 2 rings (SSSR count). The lowest BCUT2D eigenvalue weighted by molar-refractivity contribution is 0.111. The van der Waals surface area contributed by atoms with Gasteiger partial charge in [0, 0.05) is 12.4 Å². The summed E-state index contributed by atoms with van der Waals surface area (Å²) >= 11 is 5.96. The number of ether oxygens (including phenoxy) is 1. The lowest BCUT2D eigenvalue weighted by atomic mass is 10.2. The molecule has 1 heterocycles. The van der Waals surface area contributed by atoms with Gasteiger partial charge in [0.1, 0.15) is 12.4 Å². The van der Waals surface area contributed by atoms with Gasteiger partial charge in [-0.25, -0.2) is 0 Å². The maximum atomic E-state index is 10.8. The minimum atomic E-state index is 0.409. The number of aromatic nitrogens is 2. The summed E-state index contributed by atoms with van der Waals surface area (Å²) in [5.41, 5.74) is 0.456. The molecule has 5 heteroatoms. The van der Waals surface area contributed by atoms with E-state index >= 15 is 0 Å². The van der Waals surface area contributed by atoms with Crippen molar-refractivity contribution in [3.63, 3.8) is 0 Å². The summed E-state index contributed by atoms with van der Waals surface area (Å²) in [7, 11) is 0. The number of halogens is 1. The van der Waals surface area contributed by atoms with Gasteiger partial charge in [0.15, 0.2) is 6.29 Å². The van der Waals surface area contributed by atoms with Crippen LogP contribution in [0.2, 0.25) is 5.02 Å². The van der Waals surface area contributed by atoms with Crippen LogP contribution in [0.25, 0.3) is 0 Å². The van der Waals surface area contributed by atoms with Gasteiger partial charge in [0.05, 0.1) is 17.1 Å². The third-order valence-electron chi connectivity index (χ3n) is 2.25. The Bertz CT molecular complexity index is 497. The molecule has 0 aliphatic rings. The Balaban J connectivity index is 2.01. The standard InChI is InChI=1S/C12H11ClN2O2/c13-11-4-1-3-10(9-16)12(11)17-8-7-15-6-2-5-14-15/h1-6,9H,7-8H2. The highest BCUT2D eigenvalue weighted by molar-refractivity contribution is 6.32. The van der Waals surface area contributed by atoms with Gasteiger partial charge in [-0.15, -0.1) is 0 Å². The van der Waals surface area contributed by atoms with Crippen molar-refractivity contribution in [1.82, 2.24) is 9.78 Å². The molecule has 17 heavy (non-hydrogen) atoms. The number of para-hydroxylation sites is 1. The Morgan fingerprint density at radius 1 is 1.41 bits per heavy atom. The first-order valence-electron chi connectivity index (χ1n) is 5.15. The normalized spacial score (nSPS) is 10.2. The number of benzene rings is 1. The molecule has 0 aliphatic heterocycles. The van der Waals surface area contributed by atoms with Gasteiger partial charge < -0.3 is 4.74 Å². The molecule has 1 aromatic carbocycles. The molecule has 0 spiro atoms. The van der Waals surface area contributed by atoms with Gasteiger partial charge in [-0.1, -0.05) is 17.7 Å². The largest absolute Gasteiger partial charge is 0.489 e. The van der Waals surface area contributed by atoms with Crippen molar-refractivity contribution in [2.45, 2.75) is 6.54 Å². The highest BCUT2D eigenvalue weighted by atomic mass is 35.5. The zero-order valence-electron chi connectivity index (χ0n) is 9.04. The van der Waals surface area contributed by atoms with Crippen molar-refractivity contribution >= 4 is 17.9 Å². The molecule has 0 amide bonds. The molecule has 0 atom stereocenters. The maximum absolute atomic E-state index is 10.8. The molecule has 1 aromatic heterocycles. The van der Waals surface area contributed by atoms with Crippen LogP contribution in [0.5, 0.6) is 5.75 Å². The molecule has 2 aromatic rings. The molecule has 0 aliphatic carbocycles. The van der Waals surface area contributed by atoms with E-state index in [0.717, 1.165) is 6.29 Å². The minimum Gasteiger partial charge on any atom is -0.489 e. The van der Waals surface area contributed by atoms with Crippen LogP contribution in [-0.4, -0.2) is 22.7 Å². The van der Waals surface area contributed by atoms with Crippen molar-refractivity contribution in [2.75, 3.05) is 6.61 Å². The van der Waals surface area contributed by atoms with E-state index in [1.807, 2.05) is 12.3 Å². The van der Waals surface area contributed by atoms with E-state index in [-0.39, 0.29) is 0 Å². The Morgan fingerprint density at radius 2 is 2.29 bits per heavy atom. The summed E-state index contributed by atoms with van der Waals surface area (Å²) in [5.74, 6) is 0.427. The van der Waals surface area contributed by atoms with E-state index in [1.54, 1.807) is 29.1 Å². The fourth-order valence-electron chi connectivity index (χ4n) is 1.44. The van der Waals surface area contributed by atoms with Crippen molar-refractivity contribution in [3.05, 3.63) is 47.2 Å². The summed E-state index contributed by atoms with van der Waals surface area (Å²) < 4.78 is 7.26. The fraction of sp³-hybridized carbons (Fsp3) is 0.167. The van der Waals surface area contributed by atoms with E-state index in [4.69, 9.17) is 16.3 Å². The van der Waals surface area contributed by atoms with Crippen LogP contribution in [-0.2, 0) is 6.54 Å². The quantitative estimate of drug-likeness (QED) is 0.766. The lowest BCUT2D eigenvalue weighted by Gasteiger charge is -2.09. The van der Waals surface area contributed by atoms with Gasteiger partial charge in [-0.2, -0.15) is 5.10 Å². The Labute approximate surface area is 104 Å². The molecule has 88 valence electrons. The summed E-state index contributed by atoms with van der Waals surface area (Å²) in [6.45, 7) is 1.02. The van der Waals surface area contributed by atoms with E-state index < -0.39 is 0 Å². The van der Waals surface area contributed by atoms with E-state index in [2.05, 4.69) is 5.10 Å². The molecule has 0 unspecified atom stereocenters. The highest BCUT2D eigenvalue weighted by Crippen LogP contribution is 2.27. The molecule has 0 fully saturated rings. The van der Waals surface area contributed by atoms with Gasteiger partial charge in [0.2, 0.25) is 0 Å². The number of carbonyl (C=O) groups is 1. The summed E-state index contributed by atoms with van der Waals surface area (Å²) in [5, 5.41) is 4.49. The topological polar surface area (TPSA) is 44.1 Å². The molecule has 0 radical (unpaired) electrons. The SMILES string of the molecule is O=Cc1cccc(Cl)c1OCCn1cccn1. The average molecular weight is 251 g/mol. The molecular formula is C12H11ClN2O2. The van der Waals surface area contributed by atoms with Crippen molar-refractivity contribution < 1.29 is 9.53 Å². The molecule has 4 nitrogen and oxygen atoms in total. The first kappa shape index (κ1) is 11.7. The van der Waals surface area contributed by atoms with E-state index in [1.165, 1.54) is 0 Å². The molecule has 0 N–H and O–H groups in total. The summed E-state index contributed by atoms with van der Waals surface area (Å²) in [6.07, 6.45) is 4.28. The first-order valence-corrected chi connectivity index (χ1v) is 5.53. The number of hydrogen-bond acceptors (Lipinski definition) is 3. The molecule has 0 saturated carbocycles.